The van der Waals surface area contributed by atoms with Gasteiger partial charge < -0.3 is 9.80 Å². The number of para-hydroxylation sites is 2. The maximum Gasteiger partial charge on any atom is 0.256 e. The van der Waals surface area contributed by atoms with Crippen LogP contribution in [0.1, 0.15) is 10.4 Å². The van der Waals surface area contributed by atoms with E-state index in [9.17, 15) is 22.0 Å². The predicted molar refractivity (Wildman–Crippen MR) is 122 cm³/mol. The molecule has 4 rings (SSSR count). The Bertz CT molecular complexity index is 1260. The molecular formula is C24H23F2N3O3S. The van der Waals surface area contributed by atoms with Gasteiger partial charge in [-0.1, -0.05) is 30.3 Å². The van der Waals surface area contributed by atoms with Crippen LogP contribution in [-0.4, -0.2) is 56.8 Å². The number of benzene rings is 3. The highest BCUT2D eigenvalue weighted by Gasteiger charge is 2.33. The number of piperazine rings is 1. The van der Waals surface area contributed by atoms with E-state index in [4.69, 9.17) is 0 Å². The smallest absolute Gasteiger partial charge is 0.256 e. The van der Waals surface area contributed by atoms with E-state index in [2.05, 4.69) is 0 Å². The van der Waals surface area contributed by atoms with Gasteiger partial charge in [0.25, 0.3) is 5.91 Å². The minimum absolute atomic E-state index is 0.0132. The Kier molecular flexibility index (Phi) is 6.44. The van der Waals surface area contributed by atoms with E-state index in [-0.39, 0.29) is 32.1 Å². The third-order valence-electron chi connectivity index (χ3n) is 5.68. The van der Waals surface area contributed by atoms with E-state index in [1.165, 1.54) is 0 Å². The Balaban J connectivity index is 1.51. The molecule has 3 aromatic rings. The zero-order valence-corrected chi connectivity index (χ0v) is 18.8. The Labute approximate surface area is 191 Å². The minimum Gasteiger partial charge on any atom is -0.344 e. The third-order valence-corrected chi connectivity index (χ3v) is 7.59. The van der Waals surface area contributed by atoms with Crippen LogP contribution in [0.2, 0.25) is 0 Å². The second-order valence-corrected chi connectivity index (χ2v) is 9.59. The number of carbonyl (C=O) groups excluding carboxylic acids is 1. The standard InChI is InChI=1S/C24H23F2N3O3S/c1-27(19-7-3-2-4-8-19)22-10-6-5-9-20(22)24(30)28-13-15-29(16-14-28)33(31,32)23-17-18(25)11-12-21(23)26/h2-12,17H,13-16H2,1H3. The van der Waals surface area contributed by atoms with Crippen molar-refractivity contribution < 1.29 is 22.0 Å². The first-order valence-corrected chi connectivity index (χ1v) is 11.9. The van der Waals surface area contributed by atoms with Gasteiger partial charge in [-0.2, -0.15) is 4.31 Å². The van der Waals surface area contributed by atoms with Crippen LogP contribution in [0.25, 0.3) is 0 Å². The molecule has 6 nitrogen and oxygen atoms in total. The molecule has 3 aromatic carbocycles. The van der Waals surface area contributed by atoms with Crippen molar-refractivity contribution >= 4 is 27.3 Å². The van der Waals surface area contributed by atoms with E-state index < -0.39 is 26.6 Å². The average molecular weight is 472 g/mol. The first-order valence-electron chi connectivity index (χ1n) is 10.4. The number of nitrogens with zero attached hydrogens (tertiary/aromatic N) is 3. The van der Waals surface area contributed by atoms with Crippen LogP contribution in [0.5, 0.6) is 0 Å². The lowest BCUT2D eigenvalue weighted by Crippen LogP contribution is -2.50. The fraction of sp³-hybridized carbons (Fsp3) is 0.208. The molecule has 172 valence electrons. The predicted octanol–water partition coefficient (Wildman–Crippen LogP) is 3.88. The van der Waals surface area contributed by atoms with E-state index in [1.54, 1.807) is 17.0 Å². The second-order valence-electron chi connectivity index (χ2n) is 7.68. The number of anilines is 2. The van der Waals surface area contributed by atoms with Crippen LogP contribution in [0, 0.1) is 11.6 Å². The van der Waals surface area contributed by atoms with Crippen molar-refractivity contribution in [2.24, 2.45) is 0 Å². The van der Waals surface area contributed by atoms with Gasteiger partial charge in [0.2, 0.25) is 10.0 Å². The molecule has 0 aliphatic carbocycles. The summed E-state index contributed by atoms with van der Waals surface area (Å²) in [6.45, 7) is 0.248. The molecule has 0 radical (unpaired) electrons. The molecule has 0 N–H and O–H groups in total. The van der Waals surface area contributed by atoms with Crippen molar-refractivity contribution in [2.45, 2.75) is 4.90 Å². The van der Waals surface area contributed by atoms with Crippen molar-refractivity contribution in [1.29, 1.82) is 0 Å². The summed E-state index contributed by atoms with van der Waals surface area (Å²) in [6.07, 6.45) is 0. The fourth-order valence-electron chi connectivity index (χ4n) is 3.85. The molecule has 0 aromatic heterocycles. The minimum atomic E-state index is -4.21. The van der Waals surface area contributed by atoms with Crippen LogP contribution >= 0.6 is 0 Å². The molecule has 9 heteroatoms. The van der Waals surface area contributed by atoms with E-state index in [0.29, 0.717) is 11.6 Å². The van der Waals surface area contributed by atoms with Gasteiger partial charge in [-0.3, -0.25) is 4.79 Å². The molecule has 1 heterocycles. The second kappa shape index (κ2) is 9.29. The Hall–Kier alpha value is -3.30. The summed E-state index contributed by atoms with van der Waals surface area (Å²) < 4.78 is 54.3. The van der Waals surface area contributed by atoms with Crippen LogP contribution in [-0.2, 0) is 10.0 Å². The molecule has 1 fully saturated rings. The van der Waals surface area contributed by atoms with E-state index in [1.807, 2.05) is 54.4 Å². The average Bonchev–Trinajstić information content (AvgIpc) is 2.85. The Morgan fingerprint density at radius 2 is 1.52 bits per heavy atom. The molecule has 0 saturated carbocycles. The number of carbonyl (C=O) groups is 1. The van der Waals surface area contributed by atoms with Crippen molar-refractivity contribution in [2.75, 3.05) is 38.1 Å². The zero-order valence-electron chi connectivity index (χ0n) is 18.0. The highest BCUT2D eigenvalue weighted by molar-refractivity contribution is 7.89. The zero-order chi connectivity index (χ0) is 23.6. The van der Waals surface area contributed by atoms with Gasteiger partial charge >= 0.3 is 0 Å². The maximum atomic E-state index is 14.1. The molecule has 1 aliphatic heterocycles. The van der Waals surface area contributed by atoms with Crippen molar-refractivity contribution in [3.05, 3.63) is 90.0 Å². The van der Waals surface area contributed by atoms with E-state index >= 15 is 0 Å². The highest BCUT2D eigenvalue weighted by atomic mass is 32.2. The molecule has 0 spiro atoms. The molecule has 0 bridgehead atoms. The largest absolute Gasteiger partial charge is 0.344 e. The Morgan fingerprint density at radius 3 is 2.21 bits per heavy atom. The van der Waals surface area contributed by atoms with Crippen molar-refractivity contribution in [1.82, 2.24) is 9.21 Å². The number of amides is 1. The summed E-state index contributed by atoms with van der Waals surface area (Å²) >= 11 is 0. The fourth-order valence-corrected chi connectivity index (χ4v) is 5.35. The van der Waals surface area contributed by atoms with Gasteiger partial charge in [0.05, 0.1) is 11.3 Å². The number of rotatable bonds is 5. The highest BCUT2D eigenvalue weighted by Crippen LogP contribution is 2.28. The lowest BCUT2D eigenvalue weighted by molar-refractivity contribution is 0.0698. The first kappa shape index (κ1) is 22.9. The molecule has 1 saturated heterocycles. The van der Waals surface area contributed by atoms with Crippen LogP contribution < -0.4 is 4.90 Å². The lowest BCUT2D eigenvalue weighted by atomic mass is 10.1. The summed E-state index contributed by atoms with van der Waals surface area (Å²) in [4.78, 5) is 16.1. The van der Waals surface area contributed by atoms with Crippen LogP contribution in [0.15, 0.2) is 77.7 Å². The Morgan fingerprint density at radius 1 is 0.879 bits per heavy atom. The van der Waals surface area contributed by atoms with Gasteiger partial charge in [-0.05, 0) is 42.5 Å². The van der Waals surface area contributed by atoms with Crippen LogP contribution in [0.4, 0.5) is 20.2 Å². The summed E-state index contributed by atoms with van der Waals surface area (Å²) in [5.74, 6) is -2.06. The van der Waals surface area contributed by atoms with Gasteiger partial charge in [-0.15, -0.1) is 0 Å². The van der Waals surface area contributed by atoms with Gasteiger partial charge in [0.15, 0.2) is 0 Å². The summed E-state index contributed by atoms with van der Waals surface area (Å²) in [5.41, 5.74) is 2.15. The maximum absolute atomic E-state index is 14.1. The quantitative estimate of drug-likeness (QED) is 0.567. The normalized spacial score (nSPS) is 14.8. The van der Waals surface area contributed by atoms with Crippen molar-refractivity contribution in [3.63, 3.8) is 0 Å². The molecule has 0 atom stereocenters. The molecular weight excluding hydrogens is 448 g/mol. The molecule has 1 amide bonds. The third kappa shape index (κ3) is 4.60. The monoisotopic (exact) mass is 471 g/mol. The number of halogens is 2. The summed E-state index contributed by atoms with van der Waals surface area (Å²) in [5, 5.41) is 0. The first-order chi connectivity index (χ1) is 15.8. The van der Waals surface area contributed by atoms with Gasteiger partial charge in [0, 0.05) is 38.9 Å². The molecule has 33 heavy (non-hydrogen) atoms. The molecule has 1 aliphatic rings. The number of hydrogen-bond donors (Lipinski definition) is 0. The van der Waals surface area contributed by atoms with Crippen LogP contribution in [0.3, 0.4) is 0 Å². The number of sulfonamides is 1. The lowest BCUT2D eigenvalue weighted by Gasteiger charge is -2.34. The SMILES string of the molecule is CN(c1ccccc1)c1ccccc1C(=O)N1CCN(S(=O)(=O)c2cc(F)ccc2F)CC1. The number of hydrogen-bond acceptors (Lipinski definition) is 4. The topological polar surface area (TPSA) is 60.9 Å². The van der Waals surface area contributed by atoms with Gasteiger partial charge in [0.1, 0.15) is 16.5 Å². The van der Waals surface area contributed by atoms with Crippen molar-refractivity contribution in [3.8, 4) is 0 Å². The van der Waals surface area contributed by atoms with E-state index in [0.717, 1.165) is 27.8 Å². The van der Waals surface area contributed by atoms with Gasteiger partial charge in [-0.25, -0.2) is 17.2 Å². The summed E-state index contributed by atoms with van der Waals surface area (Å²) in [6, 6.07) is 19.2. The molecule has 0 unspecified atom stereocenters. The summed E-state index contributed by atoms with van der Waals surface area (Å²) in [7, 11) is -2.34.